The molecule has 0 fully saturated rings. The maximum absolute atomic E-state index is 9.80. The van der Waals surface area contributed by atoms with E-state index in [-0.39, 0.29) is 24.8 Å². The van der Waals surface area contributed by atoms with Crippen LogP contribution in [0.3, 0.4) is 0 Å². The van der Waals surface area contributed by atoms with Gasteiger partial charge in [0.2, 0.25) is 0 Å². The number of hydrogen-bond donors (Lipinski definition) is 4. The number of aliphatic hydroxyl groups is 2. The van der Waals surface area contributed by atoms with E-state index < -0.39 is 12.2 Å². The Kier molecular flexibility index (Phi) is 15.7. The van der Waals surface area contributed by atoms with Crippen molar-refractivity contribution >= 4 is 37.0 Å². The van der Waals surface area contributed by atoms with Gasteiger partial charge in [0, 0.05) is 36.3 Å². The number of rotatable bonds is 12. The standard InChI is InChI=1S/2C15H21NO2.2ClH/c2*1-11(2)16-9-13(17)10-18-15-8-4-6-12-5-3-7-14(12)15;;/h3-4,6-8,11,13,16-17H,5,9-10H2,1-2H3;3-6,8,11,13,16-17H,7,9-10H2,1-2H3;2*1H/t2*13-;;/m11../s1. The van der Waals surface area contributed by atoms with Gasteiger partial charge in [-0.05, 0) is 36.1 Å². The van der Waals surface area contributed by atoms with Crippen molar-refractivity contribution in [3.8, 4) is 11.5 Å². The monoisotopic (exact) mass is 566 g/mol. The molecule has 4 rings (SSSR count). The van der Waals surface area contributed by atoms with Gasteiger partial charge in [0.15, 0.2) is 0 Å². The number of nitrogens with one attached hydrogen (secondary N) is 2. The molecular weight excluding hydrogens is 523 g/mol. The Balaban J connectivity index is 0.000000361. The van der Waals surface area contributed by atoms with Gasteiger partial charge in [0.25, 0.3) is 0 Å². The summed E-state index contributed by atoms with van der Waals surface area (Å²) in [4.78, 5) is 0. The number of ether oxygens (including phenoxy) is 2. The fourth-order valence-corrected chi connectivity index (χ4v) is 4.02. The molecule has 0 aliphatic heterocycles. The first-order chi connectivity index (χ1) is 17.3. The first kappa shape index (κ1) is 34.0. The molecule has 2 aromatic carbocycles. The second-order valence-corrected chi connectivity index (χ2v) is 9.92. The summed E-state index contributed by atoms with van der Waals surface area (Å²) in [7, 11) is 0. The van der Waals surface area contributed by atoms with Crippen LogP contribution in [0.2, 0.25) is 0 Å². The SMILES string of the molecule is CC(C)NC[C@@H](O)COc1cccc2c1C=CC2.CC(C)NC[C@@H](O)COc1cccc2c1CC=C2.Cl.Cl. The molecule has 0 saturated carbocycles. The van der Waals surface area contributed by atoms with Crippen molar-refractivity contribution in [3.05, 3.63) is 70.8 Å². The summed E-state index contributed by atoms with van der Waals surface area (Å²) in [5.74, 6) is 1.76. The minimum Gasteiger partial charge on any atom is -0.491 e. The predicted octanol–water partition coefficient (Wildman–Crippen LogP) is 4.83. The molecule has 212 valence electrons. The summed E-state index contributed by atoms with van der Waals surface area (Å²) in [5.41, 5.74) is 4.90. The Hall–Kier alpha value is -2.06. The highest BCUT2D eigenvalue weighted by Crippen LogP contribution is 2.29. The summed E-state index contributed by atoms with van der Waals surface area (Å²) in [6.07, 6.45) is 9.41. The van der Waals surface area contributed by atoms with Gasteiger partial charge < -0.3 is 30.3 Å². The van der Waals surface area contributed by atoms with Crippen LogP contribution in [-0.2, 0) is 12.8 Å². The molecule has 6 nitrogen and oxygen atoms in total. The first-order valence-corrected chi connectivity index (χ1v) is 13.0. The predicted molar refractivity (Wildman–Crippen MR) is 162 cm³/mol. The van der Waals surface area contributed by atoms with Crippen LogP contribution in [-0.4, -0.2) is 60.8 Å². The maximum atomic E-state index is 9.80. The van der Waals surface area contributed by atoms with Gasteiger partial charge in [0.1, 0.15) is 36.9 Å². The van der Waals surface area contributed by atoms with E-state index in [4.69, 9.17) is 9.47 Å². The average molecular weight is 568 g/mol. The molecule has 2 aliphatic carbocycles. The van der Waals surface area contributed by atoms with E-state index in [2.05, 4.69) is 74.8 Å². The Morgan fingerprint density at radius 1 is 0.737 bits per heavy atom. The van der Waals surface area contributed by atoms with E-state index >= 15 is 0 Å². The van der Waals surface area contributed by atoms with Crippen LogP contribution < -0.4 is 20.1 Å². The van der Waals surface area contributed by atoms with Crippen LogP contribution in [0.15, 0.2) is 48.6 Å². The van der Waals surface area contributed by atoms with Gasteiger partial charge in [-0.2, -0.15) is 0 Å². The molecule has 8 heteroatoms. The third-order valence-electron chi connectivity index (χ3n) is 5.95. The van der Waals surface area contributed by atoms with Crippen molar-refractivity contribution in [2.24, 2.45) is 0 Å². The lowest BCUT2D eigenvalue weighted by Gasteiger charge is -2.16. The van der Waals surface area contributed by atoms with E-state index in [1.54, 1.807) is 0 Å². The van der Waals surface area contributed by atoms with Crippen LogP contribution in [0.4, 0.5) is 0 Å². The Morgan fingerprint density at radius 2 is 1.29 bits per heavy atom. The fourth-order valence-electron chi connectivity index (χ4n) is 4.02. The molecule has 0 heterocycles. The highest BCUT2D eigenvalue weighted by molar-refractivity contribution is 5.85. The highest BCUT2D eigenvalue weighted by Gasteiger charge is 2.14. The zero-order chi connectivity index (χ0) is 25.9. The minimum absolute atomic E-state index is 0. The van der Waals surface area contributed by atoms with E-state index in [1.165, 1.54) is 16.7 Å². The lowest BCUT2D eigenvalue weighted by molar-refractivity contribution is 0.104. The second kappa shape index (κ2) is 17.5. The van der Waals surface area contributed by atoms with Crippen LogP contribution >= 0.6 is 24.8 Å². The third-order valence-corrected chi connectivity index (χ3v) is 5.95. The topological polar surface area (TPSA) is 83.0 Å². The van der Waals surface area contributed by atoms with Gasteiger partial charge in [-0.25, -0.2) is 0 Å². The molecule has 2 aliphatic rings. The fraction of sp³-hybridized carbons (Fsp3) is 0.467. The Morgan fingerprint density at radius 3 is 1.92 bits per heavy atom. The summed E-state index contributed by atoms with van der Waals surface area (Å²) in [5, 5.41) is 26.0. The number of allylic oxidation sites excluding steroid dienone is 2. The lowest BCUT2D eigenvalue weighted by Crippen LogP contribution is -2.35. The minimum atomic E-state index is -0.478. The third kappa shape index (κ3) is 11.0. The van der Waals surface area contributed by atoms with E-state index in [0.717, 1.165) is 29.9 Å². The lowest BCUT2D eigenvalue weighted by atomic mass is 10.1. The number of benzene rings is 2. The molecule has 2 aromatic rings. The Labute approximate surface area is 240 Å². The molecule has 2 atom stereocenters. The van der Waals surface area contributed by atoms with Gasteiger partial charge in [-0.3, -0.25) is 0 Å². The van der Waals surface area contributed by atoms with Crippen molar-refractivity contribution in [2.75, 3.05) is 26.3 Å². The summed E-state index contributed by atoms with van der Waals surface area (Å²) in [6.45, 7) is 10.0. The molecule has 0 aromatic heterocycles. The van der Waals surface area contributed by atoms with Crippen LogP contribution in [0.1, 0.15) is 49.9 Å². The van der Waals surface area contributed by atoms with Gasteiger partial charge in [0.05, 0.1) is 0 Å². The molecule has 4 N–H and O–H groups in total. The van der Waals surface area contributed by atoms with Crippen LogP contribution in [0.5, 0.6) is 11.5 Å². The van der Waals surface area contributed by atoms with Crippen molar-refractivity contribution < 1.29 is 19.7 Å². The summed E-state index contributed by atoms with van der Waals surface area (Å²) >= 11 is 0. The average Bonchev–Trinajstić information content (AvgIpc) is 3.54. The van der Waals surface area contributed by atoms with Gasteiger partial charge >= 0.3 is 0 Å². The van der Waals surface area contributed by atoms with Crippen molar-refractivity contribution in [1.82, 2.24) is 10.6 Å². The van der Waals surface area contributed by atoms with Crippen LogP contribution in [0, 0.1) is 0 Å². The molecule has 0 amide bonds. The van der Waals surface area contributed by atoms with Crippen molar-refractivity contribution in [2.45, 2.75) is 64.8 Å². The zero-order valence-corrected chi connectivity index (χ0v) is 24.5. The van der Waals surface area contributed by atoms with Gasteiger partial charge in [-0.15, -0.1) is 24.8 Å². The number of halogens is 2. The highest BCUT2D eigenvalue weighted by atomic mass is 35.5. The molecule has 0 spiro atoms. The molecular formula is C30H44Cl2N2O4. The number of aliphatic hydroxyl groups excluding tert-OH is 2. The normalized spacial score (nSPS) is 14.1. The molecule has 0 bridgehead atoms. The quantitative estimate of drug-likeness (QED) is 0.294. The second-order valence-electron chi connectivity index (χ2n) is 9.92. The Bertz CT molecular complexity index is 1030. The van der Waals surface area contributed by atoms with Crippen LogP contribution in [0.25, 0.3) is 12.2 Å². The largest absolute Gasteiger partial charge is 0.491 e. The summed E-state index contributed by atoms with van der Waals surface area (Å²) in [6, 6.07) is 12.9. The number of hydrogen-bond acceptors (Lipinski definition) is 6. The molecule has 0 saturated heterocycles. The first-order valence-electron chi connectivity index (χ1n) is 13.0. The smallest absolute Gasteiger partial charge is 0.126 e. The van der Waals surface area contributed by atoms with Gasteiger partial charge in [-0.1, -0.05) is 76.3 Å². The number of fused-ring (bicyclic) bond motifs is 2. The zero-order valence-electron chi connectivity index (χ0n) is 22.9. The van der Waals surface area contributed by atoms with E-state index in [0.29, 0.717) is 38.4 Å². The summed E-state index contributed by atoms with van der Waals surface area (Å²) < 4.78 is 11.4. The van der Waals surface area contributed by atoms with E-state index in [1.807, 2.05) is 24.3 Å². The van der Waals surface area contributed by atoms with Crippen molar-refractivity contribution in [1.29, 1.82) is 0 Å². The maximum Gasteiger partial charge on any atom is 0.126 e. The molecule has 38 heavy (non-hydrogen) atoms. The molecule has 0 unspecified atom stereocenters. The van der Waals surface area contributed by atoms with Crippen molar-refractivity contribution in [3.63, 3.8) is 0 Å². The molecule has 0 radical (unpaired) electrons. The van der Waals surface area contributed by atoms with E-state index in [9.17, 15) is 10.2 Å².